The molecule has 2 saturated heterocycles. The minimum atomic E-state index is -1.16. The Morgan fingerprint density at radius 1 is 1.21 bits per heavy atom. The zero-order valence-electron chi connectivity index (χ0n) is 17.0. The van der Waals surface area contributed by atoms with Crippen LogP contribution in [0.5, 0.6) is 5.75 Å². The molecule has 2 aromatic carbocycles. The maximum absolute atomic E-state index is 13.3. The number of fused-ring (bicyclic) bond motifs is 2. The highest BCUT2D eigenvalue weighted by Crippen LogP contribution is 2.43. The number of rotatable bonds is 6. The molecule has 3 atom stereocenters. The van der Waals surface area contributed by atoms with Gasteiger partial charge >= 0.3 is 0 Å². The van der Waals surface area contributed by atoms with Crippen LogP contribution < -0.4 is 10.1 Å². The summed E-state index contributed by atoms with van der Waals surface area (Å²) in [5.41, 5.74) is 1.38. The van der Waals surface area contributed by atoms with Crippen LogP contribution in [0.15, 0.2) is 53.4 Å². The van der Waals surface area contributed by atoms with Gasteiger partial charge in [-0.2, -0.15) is 0 Å². The Hall–Kier alpha value is -2.18. The first kappa shape index (κ1) is 20.1. The smallest absolute Gasteiger partial charge is 0.256 e. The number of hydrogen-bond donors (Lipinski definition) is 1. The van der Waals surface area contributed by atoms with Crippen LogP contribution in [-0.2, 0) is 17.3 Å². The molecule has 5 nitrogen and oxygen atoms in total. The van der Waals surface area contributed by atoms with E-state index in [1.165, 1.54) is 12.0 Å². The van der Waals surface area contributed by atoms with Crippen LogP contribution in [0.4, 0.5) is 0 Å². The Morgan fingerprint density at radius 3 is 2.72 bits per heavy atom. The number of amides is 1. The van der Waals surface area contributed by atoms with Crippen molar-refractivity contribution in [3.05, 3.63) is 59.7 Å². The van der Waals surface area contributed by atoms with Gasteiger partial charge in [-0.1, -0.05) is 30.3 Å². The molecule has 2 aliphatic rings. The number of hydrogen-bond acceptors (Lipinski definition) is 4. The Balaban J connectivity index is 1.62. The SMILES string of the molecule is COc1ccc(S(C)=O)cc1C(=O)NC12CCCC(CC1)N2Cc1ccccc1. The maximum Gasteiger partial charge on any atom is 0.256 e. The lowest BCUT2D eigenvalue weighted by Gasteiger charge is -2.45. The number of ether oxygens (including phenoxy) is 1. The van der Waals surface area contributed by atoms with Crippen LogP contribution >= 0.6 is 0 Å². The lowest BCUT2D eigenvalue weighted by molar-refractivity contribution is 0.0184. The van der Waals surface area contributed by atoms with Crippen molar-refractivity contribution in [3.8, 4) is 5.75 Å². The first-order chi connectivity index (χ1) is 14.0. The van der Waals surface area contributed by atoms with Gasteiger partial charge in [0.1, 0.15) is 5.75 Å². The summed E-state index contributed by atoms with van der Waals surface area (Å²) < 4.78 is 17.3. The number of nitrogens with zero attached hydrogens (tertiary/aromatic N) is 1. The number of piperidine rings is 1. The molecule has 2 fully saturated rings. The third kappa shape index (κ3) is 3.96. The molecule has 4 rings (SSSR count). The Labute approximate surface area is 174 Å². The first-order valence-electron chi connectivity index (χ1n) is 10.2. The molecular formula is C23H28N2O3S. The minimum Gasteiger partial charge on any atom is -0.496 e. The van der Waals surface area contributed by atoms with Crippen molar-refractivity contribution in [1.29, 1.82) is 0 Å². The molecule has 1 N–H and O–H groups in total. The highest BCUT2D eigenvalue weighted by molar-refractivity contribution is 7.84. The van der Waals surface area contributed by atoms with Crippen molar-refractivity contribution < 1.29 is 13.7 Å². The second-order valence-electron chi connectivity index (χ2n) is 8.00. The van der Waals surface area contributed by atoms with E-state index in [-0.39, 0.29) is 11.6 Å². The van der Waals surface area contributed by atoms with Gasteiger partial charge in [0.2, 0.25) is 0 Å². The zero-order valence-corrected chi connectivity index (χ0v) is 17.8. The predicted molar refractivity (Wildman–Crippen MR) is 114 cm³/mol. The van der Waals surface area contributed by atoms with Gasteiger partial charge in [0.15, 0.2) is 0 Å². The molecule has 3 unspecified atom stereocenters. The van der Waals surface area contributed by atoms with Crippen molar-refractivity contribution in [2.24, 2.45) is 0 Å². The van der Waals surface area contributed by atoms with Gasteiger partial charge in [-0.15, -0.1) is 0 Å². The van der Waals surface area contributed by atoms with Crippen molar-refractivity contribution in [3.63, 3.8) is 0 Å². The van der Waals surface area contributed by atoms with Crippen molar-refractivity contribution in [2.45, 2.75) is 55.2 Å². The van der Waals surface area contributed by atoms with Crippen LogP contribution in [0, 0.1) is 0 Å². The largest absolute Gasteiger partial charge is 0.496 e. The van der Waals surface area contributed by atoms with E-state index in [2.05, 4.69) is 34.5 Å². The highest BCUT2D eigenvalue weighted by atomic mass is 32.2. The number of methoxy groups -OCH3 is 1. The van der Waals surface area contributed by atoms with Crippen molar-refractivity contribution in [1.82, 2.24) is 10.2 Å². The second-order valence-corrected chi connectivity index (χ2v) is 9.38. The summed E-state index contributed by atoms with van der Waals surface area (Å²) in [6.45, 7) is 0.835. The van der Waals surface area contributed by atoms with Gasteiger partial charge in [0.05, 0.1) is 18.3 Å². The van der Waals surface area contributed by atoms with Crippen LogP contribution in [0.1, 0.15) is 48.0 Å². The third-order valence-corrected chi connectivity index (χ3v) is 7.22. The topological polar surface area (TPSA) is 58.6 Å². The van der Waals surface area contributed by atoms with E-state index in [0.29, 0.717) is 22.3 Å². The summed E-state index contributed by atoms with van der Waals surface area (Å²) in [4.78, 5) is 16.4. The van der Waals surface area contributed by atoms with Crippen molar-refractivity contribution in [2.75, 3.05) is 13.4 Å². The van der Waals surface area contributed by atoms with Gasteiger partial charge in [0.25, 0.3) is 5.91 Å². The molecular weight excluding hydrogens is 384 g/mol. The lowest BCUT2D eigenvalue weighted by Crippen LogP contribution is -2.60. The average Bonchev–Trinajstić information content (AvgIpc) is 2.91. The van der Waals surface area contributed by atoms with E-state index in [9.17, 15) is 9.00 Å². The van der Waals surface area contributed by atoms with E-state index in [1.54, 1.807) is 31.6 Å². The molecule has 0 aromatic heterocycles. The van der Waals surface area contributed by atoms with E-state index < -0.39 is 10.8 Å². The average molecular weight is 413 g/mol. The summed E-state index contributed by atoms with van der Waals surface area (Å²) >= 11 is 0. The third-order valence-electron chi connectivity index (χ3n) is 6.30. The van der Waals surface area contributed by atoms with Crippen LogP contribution in [0.25, 0.3) is 0 Å². The summed E-state index contributed by atoms with van der Waals surface area (Å²) in [5, 5.41) is 3.36. The summed E-state index contributed by atoms with van der Waals surface area (Å²) in [6, 6.07) is 16.1. The van der Waals surface area contributed by atoms with Gasteiger partial charge in [-0.3, -0.25) is 13.9 Å². The van der Waals surface area contributed by atoms with E-state index in [0.717, 1.165) is 32.2 Å². The molecule has 154 valence electrons. The number of carbonyl (C=O) groups is 1. The maximum atomic E-state index is 13.3. The van der Waals surface area contributed by atoms with Crippen LogP contribution in [0.3, 0.4) is 0 Å². The highest BCUT2D eigenvalue weighted by Gasteiger charge is 2.49. The predicted octanol–water partition coefficient (Wildman–Crippen LogP) is 3.71. The quantitative estimate of drug-likeness (QED) is 0.786. The second kappa shape index (κ2) is 8.28. The normalized spacial score (nSPS) is 24.8. The molecule has 2 heterocycles. The van der Waals surface area contributed by atoms with E-state index in [4.69, 9.17) is 4.74 Å². The Bertz CT molecular complexity index is 914. The first-order valence-corrected chi connectivity index (χ1v) is 11.7. The van der Waals surface area contributed by atoms with Gasteiger partial charge in [0, 0.05) is 34.5 Å². The monoisotopic (exact) mass is 412 g/mol. The van der Waals surface area contributed by atoms with Crippen molar-refractivity contribution >= 4 is 16.7 Å². The fraction of sp³-hybridized carbons (Fsp3) is 0.435. The Kier molecular flexibility index (Phi) is 5.74. The Morgan fingerprint density at radius 2 is 2.00 bits per heavy atom. The van der Waals surface area contributed by atoms with E-state index in [1.807, 2.05) is 6.07 Å². The number of carbonyl (C=O) groups excluding carboxylic acids is 1. The summed E-state index contributed by atoms with van der Waals surface area (Å²) in [6.07, 6.45) is 6.92. The number of benzene rings is 2. The van der Waals surface area contributed by atoms with Crippen LogP contribution in [0.2, 0.25) is 0 Å². The summed E-state index contributed by atoms with van der Waals surface area (Å²) in [5.74, 6) is 0.350. The molecule has 2 aliphatic heterocycles. The lowest BCUT2D eigenvalue weighted by atomic mass is 9.95. The fourth-order valence-electron chi connectivity index (χ4n) is 4.83. The molecule has 29 heavy (non-hydrogen) atoms. The minimum absolute atomic E-state index is 0.158. The van der Waals surface area contributed by atoms with E-state index >= 15 is 0 Å². The number of nitrogens with one attached hydrogen (secondary N) is 1. The zero-order chi connectivity index (χ0) is 20.4. The molecule has 6 heteroatoms. The van der Waals surface area contributed by atoms with Gasteiger partial charge in [-0.25, -0.2) is 0 Å². The molecule has 0 aliphatic carbocycles. The fourth-order valence-corrected chi connectivity index (χ4v) is 5.38. The van der Waals surface area contributed by atoms with Gasteiger partial charge < -0.3 is 10.1 Å². The molecule has 2 aromatic rings. The molecule has 2 bridgehead atoms. The standard InChI is InChI=1S/C23H28N2O3S/c1-28-21-11-10-19(29(2)27)15-20(21)22(26)24-23-13-6-9-18(12-14-23)25(23)16-17-7-4-3-5-8-17/h3-5,7-8,10-11,15,18H,6,9,12-14,16H2,1-2H3,(H,24,26). The van der Waals surface area contributed by atoms with Crippen LogP contribution in [-0.4, -0.2) is 40.1 Å². The molecule has 0 spiro atoms. The molecule has 0 saturated carbocycles. The van der Waals surface area contributed by atoms with Gasteiger partial charge in [-0.05, 0) is 55.9 Å². The molecule has 1 amide bonds. The molecule has 0 radical (unpaired) electrons. The summed E-state index contributed by atoms with van der Waals surface area (Å²) in [7, 11) is 0.400.